The Bertz CT molecular complexity index is 350. The molecule has 2 fully saturated rings. The van der Waals surface area contributed by atoms with Crippen LogP contribution in [-0.4, -0.2) is 61.9 Å². The molecule has 4 nitrogen and oxygen atoms in total. The molecule has 0 aromatic heterocycles. The third-order valence-corrected chi connectivity index (χ3v) is 3.73. The molecule has 0 saturated carbocycles. The molecule has 0 aromatic carbocycles. The first-order valence-corrected chi connectivity index (χ1v) is 6.78. The standard InChI is InChI=1S/C12H19F4N3O/c13-9-3-10(17-5-9)11(20)18-4-8-1-2-19(6-8)7-12(14,15)16/h8-10,17H,1-7H2,(H,18,20)/t8?,9-,10+/m1/s1. The van der Waals surface area contributed by atoms with Crippen LogP contribution in [0.5, 0.6) is 0 Å². The van der Waals surface area contributed by atoms with E-state index in [1.807, 2.05) is 0 Å². The molecule has 2 heterocycles. The van der Waals surface area contributed by atoms with Gasteiger partial charge in [-0.1, -0.05) is 0 Å². The smallest absolute Gasteiger partial charge is 0.354 e. The first-order valence-electron chi connectivity index (χ1n) is 6.78. The number of alkyl halides is 4. The number of amides is 1. The third-order valence-electron chi connectivity index (χ3n) is 3.73. The van der Waals surface area contributed by atoms with Crippen LogP contribution in [-0.2, 0) is 4.79 Å². The van der Waals surface area contributed by atoms with E-state index in [0.29, 0.717) is 26.1 Å². The molecule has 2 rings (SSSR count). The molecule has 0 aliphatic carbocycles. The molecule has 8 heteroatoms. The summed E-state index contributed by atoms with van der Waals surface area (Å²) >= 11 is 0. The second-order valence-corrected chi connectivity index (χ2v) is 5.54. The summed E-state index contributed by atoms with van der Waals surface area (Å²) in [5.74, 6) is -0.233. The zero-order chi connectivity index (χ0) is 14.8. The van der Waals surface area contributed by atoms with E-state index in [4.69, 9.17) is 0 Å². The normalized spacial score (nSPS) is 31.7. The van der Waals surface area contributed by atoms with Crippen molar-refractivity contribution in [3.05, 3.63) is 0 Å². The molecule has 2 aliphatic rings. The number of hydrogen-bond donors (Lipinski definition) is 2. The predicted molar refractivity (Wildman–Crippen MR) is 64.9 cm³/mol. The van der Waals surface area contributed by atoms with Gasteiger partial charge in [-0.3, -0.25) is 9.69 Å². The second kappa shape index (κ2) is 6.26. The van der Waals surface area contributed by atoms with Gasteiger partial charge in [0, 0.05) is 26.1 Å². The van der Waals surface area contributed by atoms with Crippen LogP contribution in [0.25, 0.3) is 0 Å². The molecular formula is C12H19F4N3O. The maximum atomic E-state index is 12.9. The summed E-state index contributed by atoms with van der Waals surface area (Å²) in [7, 11) is 0. The van der Waals surface area contributed by atoms with E-state index in [0.717, 1.165) is 0 Å². The van der Waals surface area contributed by atoms with Gasteiger partial charge in [-0.05, 0) is 18.9 Å². The van der Waals surface area contributed by atoms with Crippen LogP contribution in [0.2, 0.25) is 0 Å². The lowest BCUT2D eigenvalue weighted by atomic mass is 10.1. The summed E-state index contributed by atoms with van der Waals surface area (Å²) in [4.78, 5) is 13.1. The predicted octanol–water partition coefficient (Wildman–Crippen LogP) is 0.687. The van der Waals surface area contributed by atoms with E-state index in [1.165, 1.54) is 4.90 Å². The van der Waals surface area contributed by atoms with Gasteiger partial charge in [0.1, 0.15) is 6.17 Å². The van der Waals surface area contributed by atoms with E-state index < -0.39 is 24.9 Å². The first-order chi connectivity index (χ1) is 9.33. The van der Waals surface area contributed by atoms with Gasteiger partial charge in [0.05, 0.1) is 12.6 Å². The van der Waals surface area contributed by atoms with Gasteiger partial charge < -0.3 is 10.6 Å². The van der Waals surface area contributed by atoms with Gasteiger partial charge >= 0.3 is 6.18 Å². The Morgan fingerprint density at radius 2 is 2.15 bits per heavy atom. The molecule has 2 N–H and O–H groups in total. The fourth-order valence-electron chi connectivity index (χ4n) is 2.74. The molecule has 20 heavy (non-hydrogen) atoms. The minimum atomic E-state index is -4.18. The Labute approximate surface area is 114 Å². The lowest BCUT2D eigenvalue weighted by molar-refractivity contribution is -0.143. The number of rotatable bonds is 4. The van der Waals surface area contributed by atoms with Gasteiger partial charge in [-0.25, -0.2) is 4.39 Å². The Hall–Kier alpha value is -0.890. The number of nitrogens with zero attached hydrogens (tertiary/aromatic N) is 1. The highest BCUT2D eigenvalue weighted by Crippen LogP contribution is 2.22. The van der Waals surface area contributed by atoms with Gasteiger partial charge in [-0.15, -0.1) is 0 Å². The molecular weight excluding hydrogens is 278 g/mol. The SMILES string of the molecule is O=C(NCC1CCN(CC(F)(F)F)C1)[C@@H]1C[C@@H](F)CN1. The summed E-state index contributed by atoms with van der Waals surface area (Å²) < 4.78 is 49.6. The molecule has 3 atom stereocenters. The van der Waals surface area contributed by atoms with Crippen molar-refractivity contribution >= 4 is 5.91 Å². The largest absolute Gasteiger partial charge is 0.401 e. The van der Waals surface area contributed by atoms with Crippen molar-refractivity contribution in [1.82, 2.24) is 15.5 Å². The van der Waals surface area contributed by atoms with Crippen LogP contribution in [0.4, 0.5) is 17.6 Å². The molecule has 0 bridgehead atoms. The van der Waals surface area contributed by atoms with E-state index in [2.05, 4.69) is 10.6 Å². The molecule has 0 aromatic rings. The Morgan fingerprint density at radius 1 is 1.40 bits per heavy atom. The quantitative estimate of drug-likeness (QED) is 0.750. The van der Waals surface area contributed by atoms with Crippen molar-refractivity contribution in [2.24, 2.45) is 5.92 Å². The van der Waals surface area contributed by atoms with E-state index >= 15 is 0 Å². The Balaban J connectivity index is 1.67. The van der Waals surface area contributed by atoms with Crippen LogP contribution < -0.4 is 10.6 Å². The molecule has 1 amide bonds. The van der Waals surface area contributed by atoms with Gasteiger partial charge in [0.25, 0.3) is 0 Å². The van der Waals surface area contributed by atoms with E-state index in [1.54, 1.807) is 0 Å². The van der Waals surface area contributed by atoms with Crippen LogP contribution in [0.3, 0.4) is 0 Å². The minimum absolute atomic E-state index is 0.0314. The average Bonchev–Trinajstić information content (AvgIpc) is 2.93. The highest BCUT2D eigenvalue weighted by molar-refractivity contribution is 5.82. The van der Waals surface area contributed by atoms with Gasteiger partial charge in [-0.2, -0.15) is 13.2 Å². The summed E-state index contributed by atoms with van der Waals surface area (Å²) in [6.45, 7) is 0.367. The molecule has 2 saturated heterocycles. The number of carbonyl (C=O) groups excluding carboxylic acids is 1. The summed E-state index contributed by atoms with van der Waals surface area (Å²) in [5.41, 5.74) is 0. The maximum Gasteiger partial charge on any atom is 0.401 e. The van der Waals surface area contributed by atoms with E-state index in [9.17, 15) is 22.4 Å². The number of nitrogens with one attached hydrogen (secondary N) is 2. The fraction of sp³-hybridized carbons (Fsp3) is 0.917. The van der Waals surface area contributed by atoms with Crippen LogP contribution in [0, 0.1) is 5.92 Å². The zero-order valence-electron chi connectivity index (χ0n) is 11.0. The molecule has 0 radical (unpaired) electrons. The summed E-state index contributed by atoms with van der Waals surface area (Å²) in [6, 6.07) is -0.516. The van der Waals surface area contributed by atoms with Crippen molar-refractivity contribution in [2.45, 2.75) is 31.2 Å². The lowest BCUT2D eigenvalue weighted by Gasteiger charge is -2.18. The first kappa shape index (κ1) is 15.5. The van der Waals surface area contributed by atoms with Crippen LogP contribution >= 0.6 is 0 Å². The lowest BCUT2D eigenvalue weighted by Crippen LogP contribution is -2.42. The highest BCUT2D eigenvalue weighted by Gasteiger charge is 2.35. The number of halogens is 4. The van der Waals surface area contributed by atoms with Crippen molar-refractivity contribution < 1.29 is 22.4 Å². The van der Waals surface area contributed by atoms with Gasteiger partial charge in [0.2, 0.25) is 5.91 Å². The van der Waals surface area contributed by atoms with Crippen molar-refractivity contribution in [3.8, 4) is 0 Å². The van der Waals surface area contributed by atoms with Crippen LogP contribution in [0.1, 0.15) is 12.8 Å². The molecule has 0 spiro atoms. The molecule has 116 valence electrons. The Kier molecular flexibility index (Phi) is 4.85. The highest BCUT2D eigenvalue weighted by atomic mass is 19.4. The molecule has 2 aliphatic heterocycles. The number of likely N-dealkylation sites (tertiary alicyclic amines) is 1. The minimum Gasteiger partial charge on any atom is -0.354 e. The topological polar surface area (TPSA) is 44.4 Å². The summed E-state index contributed by atoms with van der Waals surface area (Å²) in [6.07, 6.45) is -4.38. The third kappa shape index (κ3) is 4.59. The maximum absolute atomic E-state index is 12.9. The average molecular weight is 297 g/mol. The Morgan fingerprint density at radius 3 is 2.75 bits per heavy atom. The van der Waals surface area contributed by atoms with E-state index in [-0.39, 0.29) is 24.8 Å². The van der Waals surface area contributed by atoms with Crippen molar-refractivity contribution in [1.29, 1.82) is 0 Å². The number of hydrogen-bond acceptors (Lipinski definition) is 3. The molecule has 1 unspecified atom stereocenters. The second-order valence-electron chi connectivity index (χ2n) is 5.54. The monoisotopic (exact) mass is 297 g/mol. The fourth-order valence-corrected chi connectivity index (χ4v) is 2.74. The van der Waals surface area contributed by atoms with Gasteiger partial charge in [0.15, 0.2) is 0 Å². The van der Waals surface area contributed by atoms with Crippen molar-refractivity contribution in [2.75, 3.05) is 32.7 Å². The van der Waals surface area contributed by atoms with Crippen LogP contribution in [0.15, 0.2) is 0 Å². The summed E-state index contributed by atoms with van der Waals surface area (Å²) in [5, 5.41) is 5.47. The number of carbonyl (C=O) groups is 1. The zero-order valence-corrected chi connectivity index (χ0v) is 11.0. The van der Waals surface area contributed by atoms with Crippen molar-refractivity contribution in [3.63, 3.8) is 0 Å².